The molecule has 1 amide bonds. The Bertz CT molecular complexity index is 769. The second kappa shape index (κ2) is 7.51. The molecule has 26 heavy (non-hydrogen) atoms. The molecule has 2 fully saturated rings. The number of aromatic nitrogens is 3. The van der Waals surface area contributed by atoms with Gasteiger partial charge in [0.1, 0.15) is 5.82 Å². The third kappa shape index (κ3) is 3.56. The van der Waals surface area contributed by atoms with Gasteiger partial charge in [-0.15, -0.1) is 11.3 Å². The molecular weight excluding hydrogens is 344 g/mol. The smallest absolute Gasteiger partial charge is 0.263 e. The molecule has 1 saturated heterocycles. The second-order valence-electron chi connectivity index (χ2n) is 7.58. The number of thiophene rings is 1. The molecule has 6 heteroatoms. The summed E-state index contributed by atoms with van der Waals surface area (Å²) in [7, 11) is 0. The predicted molar refractivity (Wildman–Crippen MR) is 104 cm³/mol. The van der Waals surface area contributed by atoms with Crippen molar-refractivity contribution in [1.82, 2.24) is 20.1 Å². The number of aromatic amines is 1. The number of carbonyl (C=O) groups excluding carboxylic acids is 1. The Morgan fingerprint density at radius 1 is 1.23 bits per heavy atom. The quantitative estimate of drug-likeness (QED) is 0.823. The highest BCUT2D eigenvalue weighted by molar-refractivity contribution is 7.14. The minimum atomic E-state index is 0.210. The maximum absolute atomic E-state index is 12.9. The zero-order chi connectivity index (χ0) is 18.1. The van der Waals surface area contributed by atoms with Gasteiger partial charge < -0.3 is 4.90 Å². The van der Waals surface area contributed by atoms with Crippen molar-refractivity contribution in [2.24, 2.45) is 0 Å². The van der Waals surface area contributed by atoms with E-state index < -0.39 is 0 Å². The number of nitrogens with one attached hydrogen (secondary N) is 1. The summed E-state index contributed by atoms with van der Waals surface area (Å²) < 4.78 is 0. The van der Waals surface area contributed by atoms with Crippen LogP contribution in [0.5, 0.6) is 0 Å². The minimum Gasteiger partial charge on any atom is -0.338 e. The van der Waals surface area contributed by atoms with E-state index in [9.17, 15) is 4.79 Å². The fraction of sp³-hybridized carbons (Fsp3) is 0.650. The molecule has 0 bridgehead atoms. The molecule has 0 radical (unpaired) electrons. The number of rotatable bonds is 6. The highest BCUT2D eigenvalue weighted by Crippen LogP contribution is 2.38. The van der Waals surface area contributed by atoms with Crippen molar-refractivity contribution in [3.8, 4) is 0 Å². The van der Waals surface area contributed by atoms with E-state index in [0.717, 1.165) is 61.7 Å². The number of nitrogens with zero attached hydrogens (tertiary/aromatic N) is 3. The molecule has 140 valence electrons. The third-order valence-electron chi connectivity index (χ3n) is 5.60. The fourth-order valence-corrected chi connectivity index (χ4v) is 5.14. The van der Waals surface area contributed by atoms with Crippen LogP contribution in [0.2, 0.25) is 0 Å². The normalized spacial score (nSPS) is 18.5. The Morgan fingerprint density at radius 3 is 2.65 bits per heavy atom. The summed E-state index contributed by atoms with van der Waals surface area (Å²) in [4.78, 5) is 22.0. The van der Waals surface area contributed by atoms with Gasteiger partial charge in [0.15, 0.2) is 5.82 Å². The lowest BCUT2D eigenvalue weighted by Gasteiger charge is -2.30. The molecule has 4 rings (SSSR count). The van der Waals surface area contributed by atoms with E-state index >= 15 is 0 Å². The maximum Gasteiger partial charge on any atom is 0.263 e. The zero-order valence-electron chi connectivity index (χ0n) is 15.8. The van der Waals surface area contributed by atoms with Crippen molar-refractivity contribution >= 4 is 17.2 Å². The average Bonchev–Trinajstić information content (AvgIpc) is 3.26. The van der Waals surface area contributed by atoms with E-state index in [-0.39, 0.29) is 5.91 Å². The van der Waals surface area contributed by atoms with Gasteiger partial charge in [-0.2, -0.15) is 5.10 Å². The molecule has 2 aromatic heterocycles. The maximum atomic E-state index is 12.9. The summed E-state index contributed by atoms with van der Waals surface area (Å²) in [5, 5.41) is 7.52. The van der Waals surface area contributed by atoms with E-state index in [1.165, 1.54) is 23.3 Å². The molecule has 1 N–H and O–H groups in total. The molecule has 3 heterocycles. The monoisotopic (exact) mass is 372 g/mol. The van der Waals surface area contributed by atoms with Gasteiger partial charge in [-0.25, -0.2) is 4.98 Å². The first-order valence-corrected chi connectivity index (χ1v) is 10.8. The molecule has 0 atom stereocenters. The van der Waals surface area contributed by atoms with E-state index in [1.807, 2.05) is 4.90 Å². The molecule has 5 nitrogen and oxygen atoms in total. The first kappa shape index (κ1) is 17.7. The van der Waals surface area contributed by atoms with Crippen LogP contribution in [0.1, 0.15) is 89.5 Å². The lowest BCUT2D eigenvalue weighted by molar-refractivity contribution is 0.0716. The van der Waals surface area contributed by atoms with Gasteiger partial charge in [0.25, 0.3) is 5.91 Å². The number of hydrogen-bond acceptors (Lipinski definition) is 4. The van der Waals surface area contributed by atoms with Crippen LogP contribution in [0.3, 0.4) is 0 Å². The predicted octanol–water partition coefficient (Wildman–Crippen LogP) is 4.28. The summed E-state index contributed by atoms with van der Waals surface area (Å²) in [6, 6.07) is 2.13. The van der Waals surface area contributed by atoms with Crippen LogP contribution in [0.25, 0.3) is 0 Å². The largest absolute Gasteiger partial charge is 0.338 e. The van der Waals surface area contributed by atoms with Gasteiger partial charge in [0.2, 0.25) is 0 Å². The fourth-order valence-electron chi connectivity index (χ4n) is 3.82. The molecular formula is C20H28N4OS. The summed E-state index contributed by atoms with van der Waals surface area (Å²) in [6.45, 7) is 5.99. The Hall–Kier alpha value is -1.69. The molecule has 2 aromatic rings. The van der Waals surface area contributed by atoms with Crippen LogP contribution in [-0.4, -0.2) is 39.1 Å². The highest BCUT2D eigenvalue weighted by Gasteiger charge is 2.31. The lowest BCUT2D eigenvalue weighted by Crippen LogP contribution is -2.37. The number of likely N-dealkylation sites (tertiary alicyclic amines) is 1. The Kier molecular flexibility index (Phi) is 5.11. The number of H-pyrrole nitrogens is 1. The van der Waals surface area contributed by atoms with Crippen molar-refractivity contribution in [2.45, 2.75) is 70.6 Å². The standard InChI is InChI=1S/C20H28N4OS/c1-3-5-16-13(4-2)12-17(26-16)20(25)24-10-8-15(9-11-24)19-21-18(22-23-19)14-6-7-14/h12,14-15H,3-11H2,1-2H3,(H,21,22,23). The molecule has 1 aliphatic carbocycles. The van der Waals surface area contributed by atoms with Gasteiger partial charge in [-0.3, -0.25) is 9.89 Å². The van der Waals surface area contributed by atoms with E-state index in [1.54, 1.807) is 11.3 Å². The number of hydrogen-bond donors (Lipinski definition) is 1. The molecule has 0 aromatic carbocycles. The van der Waals surface area contributed by atoms with Crippen LogP contribution in [0.4, 0.5) is 0 Å². The van der Waals surface area contributed by atoms with Crippen molar-refractivity contribution in [2.75, 3.05) is 13.1 Å². The number of amides is 1. The number of piperidine rings is 1. The molecule has 0 unspecified atom stereocenters. The molecule has 1 aliphatic heterocycles. The van der Waals surface area contributed by atoms with E-state index in [4.69, 9.17) is 4.98 Å². The average molecular weight is 373 g/mol. The summed E-state index contributed by atoms with van der Waals surface area (Å²) in [5.74, 6) is 3.22. The topological polar surface area (TPSA) is 61.9 Å². The van der Waals surface area contributed by atoms with E-state index in [0.29, 0.717) is 11.8 Å². The molecule has 1 saturated carbocycles. The van der Waals surface area contributed by atoms with Crippen molar-refractivity contribution < 1.29 is 4.79 Å². The highest BCUT2D eigenvalue weighted by atomic mass is 32.1. The minimum absolute atomic E-state index is 0.210. The number of carbonyl (C=O) groups is 1. The van der Waals surface area contributed by atoms with Gasteiger partial charge in [0.05, 0.1) is 4.88 Å². The SMILES string of the molecule is CCCc1sc(C(=O)N2CCC(c3nc(C4CC4)n[nH]3)CC2)cc1CC. The van der Waals surface area contributed by atoms with Crippen molar-refractivity contribution in [1.29, 1.82) is 0 Å². The Balaban J connectivity index is 1.38. The van der Waals surface area contributed by atoms with Gasteiger partial charge in [0, 0.05) is 29.8 Å². The van der Waals surface area contributed by atoms with Crippen LogP contribution in [0, 0.1) is 0 Å². The lowest BCUT2D eigenvalue weighted by atomic mass is 9.96. The summed E-state index contributed by atoms with van der Waals surface area (Å²) in [6.07, 6.45) is 7.62. The van der Waals surface area contributed by atoms with Crippen LogP contribution in [0.15, 0.2) is 6.07 Å². The van der Waals surface area contributed by atoms with Gasteiger partial charge >= 0.3 is 0 Å². The van der Waals surface area contributed by atoms with E-state index in [2.05, 4.69) is 30.1 Å². The summed E-state index contributed by atoms with van der Waals surface area (Å²) in [5.41, 5.74) is 1.35. The zero-order valence-corrected chi connectivity index (χ0v) is 16.6. The van der Waals surface area contributed by atoms with Crippen molar-refractivity contribution in [3.05, 3.63) is 33.0 Å². The van der Waals surface area contributed by atoms with Gasteiger partial charge in [-0.05, 0) is 50.2 Å². The second-order valence-corrected chi connectivity index (χ2v) is 8.72. The first-order chi connectivity index (χ1) is 12.7. The summed E-state index contributed by atoms with van der Waals surface area (Å²) >= 11 is 1.70. The van der Waals surface area contributed by atoms with Crippen molar-refractivity contribution in [3.63, 3.8) is 0 Å². The third-order valence-corrected chi connectivity index (χ3v) is 6.82. The van der Waals surface area contributed by atoms with Crippen LogP contribution in [-0.2, 0) is 12.8 Å². The van der Waals surface area contributed by atoms with Crippen LogP contribution >= 0.6 is 11.3 Å². The Morgan fingerprint density at radius 2 is 2.00 bits per heavy atom. The Labute approximate surface area is 159 Å². The van der Waals surface area contributed by atoms with Gasteiger partial charge in [-0.1, -0.05) is 20.3 Å². The first-order valence-electron chi connectivity index (χ1n) is 10.0. The van der Waals surface area contributed by atoms with Crippen LogP contribution < -0.4 is 0 Å². The molecule has 2 aliphatic rings. The molecule has 0 spiro atoms. The number of aryl methyl sites for hydroxylation is 2.